The maximum absolute atomic E-state index is 11.9. The summed E-state index contributed by atoms with van der Waals surface area (Å²) >= 11 is 0. The Kier molecular flexibility index (Phi) is 3.12. The number of nitrogens with zero attached hydrogens (tertiary/aromatic N) is 1. The summed E-state index contributed by atoms with van der Waals surface area (Å²) in [6, 6.07) is 9.20. The van der Waals surface area contributed by atoms with Crippen molar-refractivity contribution in [2.24, 2.45) is 0 Å². The number of H-pyrrole nitrogens is 2. The van der Waals surface area contributed by atoms with Gasteiger partial charge < -0.3 is 14.0 Å². The molecule has 0 amide bonds. The number of fused-ring (bicyclic) bond motifs is 1. The van der Waals surface area contributed by atoms with Crippen molar-refractivity contribution in [3.8, 4) is 17.1 Å². The molecule has 7 heteroatoms. The van der Waals surface area contributed by atoms with Crippen LogP contribution < -0.4 is 4.52 Å². The normalized spacial score (nSPS) is 14.3. The average Bonchev–Trinajstić information content (AvgIpc) is 3.06. The van der Waals surface area contributed by atoms with Crippen LogP contribution in [0.2, 0.25) is 0 Å². The second-order valence-corrected chi connectivity index (χ2v) is 6.50. The SMILES string of the molecule is COP(C)(=O)Oc1ccc2[nH]nc(-c3ccc[nH]3)c2c1. The predicted molar refractivity (Wildman–Crippen MR) is 77.0 cm³/mol. The van der Waals surface area contributed by atoms with Gasteiger partial charge in [-0.3, -0.25) is 5.10 Å². The number of benzene rings is 1. The first-order valence-corrected chi connectivity index (χ1v) is 8.03. The predicted octanol–water partition coefficient (Wildman–Crippen LogP) is 3.41. The van der Waals surface area contributed by atoms with E-state index in [1.54, 1.807) is 12.1 Å². The molecule has 1 aromatic carbocycles. The van der Waals surface area contributed by atoms with Gasteiger partial charge in [-0.15, -0.1) is 0 Å². The molecule has 20 heavy (non-hydrogen) atoms. The highest BCUT2D eigenvalue weighted by atomic mass is 31.2. The van der Waals surface area contributed by atoms with Gasteiger partial charge in [0, 0.05) is 25.4 Å². The molecule has 0 saturated carbocycles. The van der Waals surface area contributed by atoms with Crippen molar-refractivity contribution in [1.82, 2.24) is 15.2 Å². The van der Waals surface area contributed by atoms with Crippen molar-refractivity contribution in [1.29, 1.82) is 0 Å². The lowest BCUT2D eigenvalue weighted by molar-refractivity contribution is 0.328. The number of hydrogen-bond donors (Lipinski definition) is 2. The largest absolute Gasteiger partial charge is 0.425 e. The Morgan fingerprint density at radius 1 is 1.30 bits per heavy atom. The van der Waals surface area contributed by atoms with E-state index >= 15 is 0 Å². The van der Waals surface area contributed by atoms with Crippen LogP contribution in [0.15, 0.2) is 36.5 Å². The molecule has 2 N–H and O–H groups in total. The van der Waals surface area contributed by atoms with Crippen LogP contribution in [-0.4, -0.2) is 29.0 Å². The molecule has 0 saturated heterocycles. The van der Waals surface area contributed by atoms with E-state index in [9.17, 15) is 4.57 Å². The van der Waals surface area contributed by atoms with Gasteiger partial charge >= 0.3 is 7.60 Å². The summed E-state index contributed by atoms with van der Waals surface area (Å²) in [5, 5.41) is 8.13. The van der Waals surface area contributed by atoms with Crippen molar-refractivity contribution in [2.75, 3.05) is 13.8 Å². The maximum atomic E-state index is 11.9. The summed E-state index contributed by atoms with van der Waals surface area (Å²) in [4.78, 5) is 3.11. The molecule has 6 nitrogen and oxygen atoms in total. The first kappa shape index (κ1) is 13.0. The molecule has 1 atom stereocenters. The Balaban J connectivity index is 2.06. The Labute approximate surface area is 115 Å². The van der Waals surface area contributed by atoms with Gasteiger partial charge in [0.1, 0.15) is 11.4 Å². The highest BCUT2D eigenvalue weighted by Crippen LogP contribution is 2.44. The van der Waals surface area contributed by atoms with Gasteiger partial charge in [-0.2, -0.15) is 5.10 Å². The standard InChI is InChI=1S/C13H14N3O3P/c1-18-20(2,17)19-9-5-6-11-10(8-9)13(16-15-11)12-4-3-7-14-12/h3-8,14H,1-2H3,(H,15,16). The van der Waals surface area contributed by atoms with Crippen LogP contribution in [-0.2, 0) is 9.09 Å². The third kappa shape index (κ3) is 2.35. The fraction of sp³-hybridized carbons (Fsp3) is 0.154. The second kappa shape index (κ2) is 4.81. The van der Waals surface area contributed by atoms with Crippen LogP contribution in [0.25, 0.3) is 22.3 Å². The Morgan fingerprint density at radius 2 is 2.15 bits per heavy atom. The molecule has 0 radical (unpaired) electrons. The topological polar surface area (TPSA) is 80.0 Å². The van der Waals surface area contributed by atoms with Gasteiger partial charge in [0.2, 0.25) is 0 Å². The van der Waals surface area contributed by atoms with Crippen LogP contribution in [0.5, 0.6) is 5.75 Å². The van der Waals surface area contributed by atoms with Crippen molar-refractivity contribution < 1.29 is 13.6 Å². The minimum atomic E-state index is -3.07. The second-order valence-electron chi connectivity index (χ2n) is 4.41. The summed E-state index contributed by atoms with van der Waals surface area (Å²) in [5.74, 6) is 0.486. The van der Waals surface area contributed by atoms with Gasteiger partial charge in [-0.1, -0.05) is 0 Å². The Morgan fingerprint density at radius 3 is 2.85 bits per heavy atom. The van der Waals surface area contributed by atoms with Crippen LogP contribution in [0.1, 0.15) is 0 Å². The summed E-state index contributed by atoms with van der Waals surface area (Å²) in [6.45, 7) is 1.43. The first-order valence-electron chi connectivity index (χ1n) is 6.04. The number of nitrogens with one attached hydrogen (secondary N) is 2. The zero-order valence-corrected chi connectivity index (χ0v) is 12.0. The number of aromatic amines is 2. The quantitative estimate of drug-likeness (QED) is 0.722. The lowest BCUT2D eigenvalue weighted by atomic mass is 10.1. The molecular formula is C13H14N3O3P. The molecule has 0 aliphatic rings. The molecule has 2 aromatic heterocycles. The van der Waals surface area contributed by atoms with E-state index in [0.29, 0.717) is 5.75 Å². The highest BCUT2D eigenvalue weighted by Gasteiger charge is 2.17. The highest BCUT2D eigenvalue weighted by molar-refractivity contribution is 7.53. The minimum Gasteiger partial charge on any atom is -0.425 e. The zero-order chi connectivity index (χ0) is 14.2. The monoisotopic (exact) mass is 291 g/mol. The van der Waals surface area contributed by atoms with E-state index in [-0.39, 0.29) is 0 Å². The van der Waals surface area contributed by atoms with Gasteiger partial charge in [0.15, 0.2) is 0 Å². The fourth-order valence-electron chi connectivity index (χ4n) is 1.96. The lowest BCUT2D eigenvalue weighted by Crippen LogP contribution is -1.92. The van der Waals surface area contributed by atoms with E-state index in [0.717, 1.165) is 22.3 Å². The lowest BCUT2D eigenvalue weighted by Gasteiger charge is -2.12. The zero-order valence-electron chi connectivity index (χ0n) is 11.1. The Hall–Kier alpha value is -2.04. The van der Waals surface area contributed by atoms with E-state index in [1.165, 1.54) is 13.8 Å². The van der Waals surface area contributed by atoms with Gasteiger partial charge in [-0.05, 0) is 30.3 Å². The minimum absolute atomic E-state index is 0.486. The summed E-state index contributed by atoms with van der Waals surface area (Å²) < 4.78 is 22.1. The van der Waals surface area contributed by atoms with Gasteiger partial charge in [0.25, 0.3) is 0 Å². The molecular weight excluding hydrogens is 277 g/mol. The van der Waals surface area contributed by atoms with Crippen molar-refractivity contribution in [2.45, 2.75) is 0 Å². The summed E-state index contributed by atoms with van der Waals surface area (Å²) in [5.41, 5.74) is 2.57. The average molecular weight is 291 g/mol. The van der Waals surface area contributed by atoms with E-state index in [2.05, 4.69) is 15.2 Å². The van der Waals surface area contributed by atoms with Crippen molar-refractivity contribution in [3.05, 3.63) is 36.5 Å². The summed E-state index contributed by atoms with van der Waals surface area (Å²) in [7, 11) is -1.71. The van der Waals surface area contributed by atoms with Gasteiger partial charge in [0.05, 0.1) is 11.2 Å². The molecule has 0 fully saturated rings. The molecule has 1 unspecified atom stereocenters. The molecule has 0 aliphatic carbocycles. The molecule has 104 valence electrons. The van der Waals surface area contributed by atoms with E-state index in [1.807, 2.05) is 24.4 Å². The maximum Gasteiger partial charge on any atom is 0.375 e. The van der Waals surface area contributed by atoms with E-state index in [4.69, 9.17) is 9.05 Å². The Bertz CT molecular complexity index is 779. The number of rotatable bonds is 4. The van der Waals surface area contributed by atoms with Crippen molar-refractivity contribution >= 4 is 18.5 Å². The number of hydrogen-bond acceptors (Lipinski definition) is 4. The molecule has 0 bridgehead atoms. The van der Waals surface area contributed by atoms with E-state index < -0.39 is 7.60 Å². The molecule has 2 heterocycles. The number of aromatic nitrogens is 3. The molecule has 0 spiro atoms. The smallest absolute Gasteiger partial charge is 0.375 e. The van der Waals surface area contributed by atoms with Crippen LogP contribution in [0.3, 0.4) is 0 Å². The fourth-order valence-corrected chi connectivity index (χ4v) is 2.53. The molecule has 3 aromatic rings. The molecule has 3 rings (SSSR count). The first-order chi connectivity index (χ1) is 9.59. The van der Waals surface area contributed by atoms with Crippen molar-refractivity contribution in [3.63, 3.8) is 0 Å². The third-order valence-corrected chi connectivity index (χ3v) is 4.20. The van der Waals surface area contributed by atoms with Crippen LogP contribution in [0, 0.1) is 0 Å². The summed E-state index contributed by atoms with van der Waals surface area (Å²) in [6.07, 6.45) is 1.83. The molecule has 0 aliphatic heterocycles. The van der Waals surface area contributed by atoms with Crippen LogP contribution >= 0.6 is 7.60 Å². The van der Waals surface area contributed by atoms with Gasteiger partial charge in [-0.25, -0.2) is 4.57 Å². The third-order valence-electron chi connectivity index (χ3n) is 2.99. The van der Waals surface area contributed by atoms with Crippen LogP contribution in [0.4, 0.5) is 0 Å².